The molecule has 0 aromatic heterocycles. The van der Waals surface area contributed by atoms with Gasteiger partial charge in [-0.25, -0.2) is 4.39 Å². The number of halogens is 2. The molecule has 1 heterocycles. The van der Waals surface area contributed by atoms with E-state index in [4.69, 9.17) is 16.3 Å². The van der Waals surface area contributed by atoms with Gasteiger partial charge in [0.15, 0.2) is 6.61 Å². The van der Waals surface area contributed by atoms with Gasteiger partial charge in [0.25, 0.3) is 5.91 Å². The molecule has 3 aromatic rings. The van der Waals surface area contributed by atoms with Gasteiger partial charge in [0.1, 0.15) is 11.6 Å². The first-order valence-corrected chi connectivity index (χ1v) is 9.51. The smallest absolute Gasteiger partial charge is 0.261 e. The van der Waals surface area contributed by atoms with Gasteiger partial charge in [0.05, 0.1) is 11.1 Å². The summed E-state index contributed by atoms with van der Waals surface area (Å²) in [6.07, 6.45) is 0.750. The van der Waals surface area contributed by atoms with Crippen molar-refractivity contribution in [2.75, 3.05) is 13.2 Å². The Bertz CT molecular complexity index is 1010. The second kappa shape index (κ2) is 8.03. The van der Waals surface area contributed by atoms with Gasteiger partial charge in [-0.2, -0.15) is 0 Å². The summed E-state index contributed by atoms with van der Waals surface area (Å²) >= 11 is 6.11. The number of benzene rings is 3. The summed E-state index contributed by atoms with van der Waals surface area (Å²) in [5, 5.41) is 0.459. The Balaban J connectivity index is 1.63. The monoisotopic (exact) mass is 395 g/mol. The largest absolute Gasteiger partial charge is 0.482 e. The van der Waals surface area contributed by atoms with Crippen molar-refractivity contribution in [3.05, 3.63) is 100 Å². The molecule has 1 aliphatic heterocycles. The zero-order valence-electron chi connectivity index (χ0n) is 15.1. The van der Waals surface area contributed by atoms with Gasteiger partial charge >= 0.3 is 0 Å². The molecule has 3 aromatic carbocycles. The van der Waals surface area contributed by atoms with Crippen LogP contribution in [0, 0.1) is 5.82 Å². The fraction of sp³-hybridized carbons (Fsp3) is 0.174. The molecule has 0 radical (unpaired) electrons. The van der Waals surface area contributed by atoms with Crippen LogP contribution in [0.5, 0.6) is 5.75 Å². The van der Waals surface area contributed by atoms with Crippen molar-refractivity contribution in [3.63, 3.8) is 0 Å². The van der Waals surface area contributed by atoms with Crippen molar-refractivity contribution in [2.24, 2.45) is 0 Å². The minimum absolute atomic E-state index is 0.127. The van der Waals surface area contributed by atoms with Gasteiger partial charge in [0, 0.05) is 6.54 Å². The van der Waals surface area contributed by atoms with E-state index in [1.54, 1.807) is 35.2 Å². The quantitative estimate of drug-likeness (QED) is 0.620. The van der Waals surface area contributed by atoms with E-state index in [1.807, 2.05) is 24.3 Å². The number of fused-ring (bicyclic) bond motifs is 1. The van der Waals surface area contributed by atoms with Crippen molar-refractivity contribution in [1.29, 1.82) is 0 Å². The van der Waals surface area contributed by atoms with Crippen molar-refractivity contribution < 1.29 is 13.9 Å². The molecule has 142 valence electrons. The van der Waals surface area contributed by atoms with E-state index in [0.717, 1.165) is 17.5 Å². The van der Waals surface area contributed by atoms with E-state index in [2.05, 4.69) is 6.07 Å². The summed E-state index contributed by atoms with van der Waals surface area (Å²) in [7, 11) is 0. The lowest BCUT2D eigenvalue weighted by Crippen LogP contribution is -2.43. The Morgan fingerprint density at radius 2 is 1.86 bits per heavy atom. The van der Waals surface area contributed by atoms with Crippen LogP contribution < -0.4 is 4.74 Å². The first kappa shape index (κ1) is 18.5. The number of amides is 1. The SMILES string of the molecule is O=C(COc1ccccc1Cl)N1CCc2ccccc2C1c1cccc(F)c1. The molecule has 0 N–H and O–H groups in total. The van der Waals surface area contributed by atoms with E-state index in [9.17, 15) is 9.18 Å². The number of para-hydroxylation sites is 1. The number of hydrogen-bond acceptors (Lipinski definition) is 2. The van der Waals surface area contributed by atoms with Gasteiger partial charge in [-0.1, -0.05) is 60.1 Å². The number of ether oxygens (including phenoxy) is 1. The highest BCUT2D eigenvalue weighted by Crippen LogP contribution is 2.35. The highest BCUT2D eigenvalue weighted by atomic mass is 35.5. The summed E-state index contributed by atoms with van der Waals surface area (Å²) in [5.41, 5.74) is 2.94. The molecule has 1 atom stereocenters. The Kier molecular flexibility index (Phi) is 5.31. The maximum Gasteiger partial charge on any atom is 0.261 e. The lowest BCUT2D eigenvalue weighted by Gasteiger charge is -2.37. The predicted molar refractivity (Wildman–Crippen MR) is 107 cm³/mol. The van der Waals surface area contributed by atoms with E-state index in [-0.39, 0.29) is 24.4 Å². The van der Waals surface area contributed by atoms with Crippen LogP contribution in [0.3, 0.4) is 0 Å². The lowest BCUT2D eigenvalue weighted by molar-refractivity contribution is -0.135. The van der Waals surface area contributed by atoms with Crippen LogP contribution in [-0.2, 0) is 11.2 Å². The summed E-state index contributed by atoms with van der Waals surface area (Å²) in [4.78, 5) is 14.8. The van der Waals surface area contributed by atoms with Crippen LogP contribution in [-0.4, -0.2) is 24.0 Å². The molecule has 0 bridgehead atoms. The lowest BCUT2D eigenvalue weighted by atomic mass is 9.88. The molecule has 1 unspecified atom stereocenters. The second-order valence-corrected chi connectivity index (χ2v) is 7.12. The van der Waals surface area contributed by atoms with Gasteiger partial charge in [-0.3, -0.25) is 4.79 Å². The van der Waals surface area contributed by atoms with Gasteiger partial charge in [-0.05, 0) is 47.4 Å². The highest BCUT2D eigenvalue weighted by Gasteiger charge is 2.32. The predicted octanol–water partition coefficient (Wildman–Crippen LogP) is 5.03. The van der Waals surface area contributed by atoms with Crippen LogP contribution in [0.25, 0.3) is 0 Å². The average molecular weight is 396 g/mol. The van der Waals surface area contributed by atoms with Crippen molar-refractivity contribution in [2.45, 2.75) is 12.5 Å². The number of rotatable bonds is 4. The molecule has 3 nitrogen and oxygen atoms in total. The van der Waals surface area contributed by atoms with Crippen LogP contribution >= 0.6 is 11.6 Å². The zero-order valence-corrected chi connectivity index (χ0v) is 15.9. The van der Waals surface area contributed by atoms with Crippen molar-refractivity contribution >= 4 is 17.5 Å². The maximum atomic E-state index is 13.9. The molecule has 1 amide bonds. The minimum Gasteiger partial charge on any atom is -0.482 e. The number of carbonyl (C=O) groups excluding carboxylic acids is 1. The summed E-state index contributed by atoms with van der Waals surface area (Å²) in [5.74, 6) is -0.0128. The third-order valence-corrected chi connectivity index (χ3v) is 5.27. The number of hydrogen-bond donors (Lipinski definition) is 0. The summed E-state index contributed by atoms with van der Waals surface area (Å²) < 4.78 is 19.5. The molecular formula is C23H19ClFNO2. The first-order chi connectivity index (χ1) is 13.6. The van der Waals surface area contributed by atoms with Gasteiger partial charge < -0.3 is 9.64 Å². The topological polar surface area (TPSA) is 29.5 Å². The number of nitrogens with zero attached hydrogens (tertiary/aromatic N) is 1. The molecule has 5 heteroatoms. The zero-order chi connectivity index (χ0) is 19.5. The molecule has 0 aliphatic carbocycles. The molecule has 4 rings (SSSR count). The van der Waals surface area contributed by atoms with Gasteiger partial charge in [-0.15, -0.1) is 0 Å². The standard InChI is InChI=1S/C23H19ClFNO2/c24-20-10-3-4-11-21(20)28-15-22(27)26-13-12-16-6-1-2-9-19(16)23(26)17-7-5-8-18(25)14-17/h1-11,14,23H,12-13,15H2. The normalized spacial score (nSPS) is 15.8. The van der Waals surface area contributed by atoms with E-state index in [1.165, 1.54) is 17.7 Å². The fourth-order valence-corrected chi connectivity index (χ4v) is 3.85. The van der Waals surface area contributed by atoms with Crippen LogP contribution in [0.4, 0.5) is 4.39 Å². The van der Waals surface area contributed by atoms with Crippen LogP contribution in [0.2, 0.25) is 5.02 Å². The Hall–Kier alpha value is -2.85. The van der Waals surface area contributed by atoms with Crippen LogP contribution in [0.15, 0.2) is 72.8 Å². The molecule has 0 saturated heterocycles. The highest BCUT2D eigenvalue weighted by molar-refractivity contribution is 6.32. The Labute approximate surface area is 168 Å². The van der Waals surface area contributed by atoms with E-state index < -0.39 is 0 Å². The molecular weight excluding hydrogens is 377 g/mol. The second-order valence-electron chi connectivity index (χ2n) is 6.71. The molecule has 0 saturated carbocycles. The van der Waals surface area contributed by atoms with E-state index in [0.29, 0.717) is 17.3 Å². The molecule has 0 spiro atoms. The third kappa shape index (κ3) is 3.73. The maximum absolute atomic E-state index is 13.9. The average Bonchev–Trinajstić information content (AvgIpc) is 2.72. The van der Waals surface area contributed by atoms with Crippen molar-refractivity contribution in [3.8, 4) is 5.75 Å². The third-order valence-electron chi connectivity index (χ3n) is 4.96. The first-order valence-electron chi connectivity index (χ1n) is 9.13. The van der Waals surface area contributed by atoms with Crippen molar-refractivity contribution in [1.82, 2.24) is 4.90 Å². The van der Waals surface area contributed by atoms with E-state index >= 15 is 0 Å². The van der Waals surface area contributed by atoms with Gasteiger partial charge in [0.2, 0.25) is 0 Å². The summed E-state index contributed by atoms with van der Waals surface area (Å²) in [6, 6.07) is 21.1. The molecule has 28 heavy (non-hydrogen) atoms. The molecule has 0 fully saturated rings. The number of carbonyl (C=O) groups is 1. The fourth-order valence-electron chi connectivity index (χ4n) is 3.66. The molecule has 1 aliphatic rings. The van der Waals surface area contributed by atoms with Crippen LogP contribution in [0.1, 0.15) is 22.7 Å². The summed E-state index contributed by atoms with van der Waals surface area (Å²) in [6.45, 7) is 0.417. The Morgan fingerprint density at radius 1 is 1.07 bits per heavy atom. The minimum atomic E-state index is -0.344. The Morgan fingerprint density at radius 3 is 2.68 bits per heavy atom.